The van der Waals surface area contributed by atoms with E-state index in [0.29, 0.717) is 12.5 Å². The number of nitrogens with one attached hydrogen (secondary N) is 1. The lowest BCUT2D eigenvalue weighted by atomic mass is 9.96. The van der Waals surface area contributed by atoms with Gasteiger partial charge >= 0.3 is 5.97 Å². The number of aromatic amines is 1. The van der Waals surface area contributed by atoms with Gasteiger partial charge in [0.1, 0.15) is 0 Å². The van der Waals surface area contributed by atoms with Gasteiger partial charge in [-0.15, -0.1) is 0 Å². The molecular weight excluding hydrogens is 338 g/mol. The number of esters is 1. The molecule has 140 valence electrons. The van der Waals surface area contributed by atoms with E-state index in [9.17, 15) is 4.79 Å². The zero-order chi connectivity index (χ0) is 18.8. The van der Waals surface area contributed by atoms with Gasteiger partial charge < -0.3 is 4.74 Å². The summed E-state index contributed by atoms with van der Waals surface area (Å²) < 4.78 is 4.78. The van der Waals surface area contributed by atoms with Crippen LogP contribution < -0.4 is 0 Å². The SMILES string of the molecule is COC(=O)CCC(C)N1CCc2[nH]nc(-c3cccc4ccccc34)c2C1. The maximum Gasteiger partial charge on any atom is 0.305 e. The van der Waals surface area contributed by atoms with Crippen molar-refractivity contribution in [1.29, 1.82) is 0 Å². The van der Waals surface area contributed by atoms with Crippen LogP contribution in [0.1, 0.15) is 31.0 Å². The van der Waals surface area contributed by atoms with E-state index in [2.05, 4.69) is 64.5 Å². The van der Waals surface area contributed by atoms with Gasteiger partial charge in [-0.1, -0.05) is 42.5 Å². The van der Waals surface area contributed by atoms with Crippen molar-refractivity contribution in [3.05, 3.63) is 53.7 Å². The number of ether oxygens (including phenoxy) is 1. The predicted molar refractivity (Wildman–Crippen MR) is 106 cm³/mol. The second-order valence-electron chi connectivity index (χ2n) is 7.24. The van der Waals surface area contributed by atoms with Gasteiger partial charge in [0.25, 0.3) is 0 Å². The molecule has 5 heteroatoms. The minimum atomic E-state index is -0.140. The highest BCUT2D eigenvalue weighted by atomic mass is 16.5. The summed E-state index contributed by atoms with van der Waals surface area (Å²) in [5.74, 6) is -0.140. The molecule has 2 heterocycles. The fraction of sp³-hybridized carbons (Fsp3) is 0.364. The molecule has 0 aliphatic carbocycles. The molecule has 1 aromatic heterocycles. The van der Waals surface area contributed by atoms with Crippen LogP contribution >= 0.6 is 0 Å². The van der Waals surface area contributed by atoms with Crippen LogP contribution in [0.5, 0.6) is 0 Å². The molecule has 0 bridgehead atoms. The molecule has 0 fully saturated rings. The van der Waals surface area contributed by atoms with Gasteiger partial charge in [0.05, 0.1) is 12.8 Å². The molecule has 0 radical (unpaired) electrons. The van der Waals surface area contributed by atoms with E-state index in [4.69, 9.17) is 4.74 Å². The second kappa shape index (κ2) is 7.53. The first kappa shape index (κ1) is 17.7. The first-order valence-electron chi connectivity index (χ1n) is 9.52. The molecule has 5 nitrogen and oxygen atoms in total. The Labute approximate surface area is 159 Å². The third-order valence-electron chi connectivity index (χ3n) is 5.63. The zero-order valence-corrected chi connectivity index (χ0v) is 15.9. The van der Waals surface area contributed by atoms with Crippen LogP contribution in [0, 0.1) is 0 Å². The molecule has 27 heavy (non-hydrogen) atoms. The van der Waals surface area contributed by atoms with Crippen LogP contribution in [0.3, 0.4) is 0 Å². The number of aromatic nitrogens is 2. The Morgan fingerprint density at radius 1 is 1.26 bits per heavy atom. The van der Waals surface area contributed by atoms with Gasteiger partial charge in [0.2, 0.25) is 0 Å². The predicted octanol–water partition coefficient (Wildman–Crippen LogP) is 3.93. The van der Waals surface area contributed by atoms with Gasteiger partial charge in [0, 0.05) is 48.8 Å². The van der Waals surface area contributed by atoms with Crippen LogP contribution in [0.15, 0.2) is 42.5 Å². The minimum Gasteiger partial charge on any atom is -0.469 e. The Kier molecular flexibility index (Phi) is 4.94. The molecule has 0 saturated heterocycles. The maximum absolute atomic E-state index is 11.5. The van der Waals surface area contributed by atoms with E-state index in [1.54, 1.807) is 0 Å². The van der Waals surface area contributed by atoms with E-state index in [1.807, 2.05) is 0 Å². The summed E-state index contributed by atoms with van der Waals surface area (Å²) in [4.78, 5) is 13.9. The van der Waals surface area contributed by atoms with E-state index in [1.165, 1.54) is 34.7 Å². The number of rotatable bonds is 5. The largest absolute Gasteiger partial charge is 0.469 e. The summed E-state index contributed by atoms with van der Waals surface area (Å²) >= 11 is 0. The van der Waals surface area contributed by atoms with Crippen LogP contribution in [0.4, 0.5) is 0 Å². The molecule has 1 atom stereocenters. The van der Waals surface area contributed by atoms with E-state index in [-0.39, 0.29) is 5.97 Å². The average Bonchev–Trinajstić information content (AvgIpc) is 3.14. The molecule has 0 saturated carbocycles. The number of hydrogen-bond donors (Lipinski definition) is 1. The molecular formula is C22H25N3O2. The molecule has 0 spiro atoms. The number of carbonyl (C=O) groups is 1. The van der Waals surface area contributed by atoms with E-state index >= 15 is 0 Å². The zero-order valence-electron chi connectivity index (χ0n) is 15.9. The van der Waals surface area contributed by atoms with Crippen molar-refractivity contribution in [3.8, 4) is 11.3 Å². The molecule has 1 unspecified atom stereocenters. The summed E-state index contributed by atoms with van der Waals surface area (Å²) in [5, 5.41) is 10.4. The van der Waals surface area contributed by atoms with Crippen molar-refractivity contribution in [1.82, 2.24) is 15.1 Å². The molecule has 1 aliphatic rings. The average molecular weight is 363 g/mol. The number of carbonyl (C=O) groups excluding carboxylic acids is 1. The monoisotopic (exact) mass is 363 g/mol. The smallest absolute Gasteiger partial charge is 0.305 e. The van der Waals surface area contributed by atoms with Crippen molar-refractivity contribution >= 4 is 16.7 Å². The van der Waals surface area contributed by atoms with Gasteiger partial charge in [-0.05, 0) is 24.1 Å². The van der Waals surface area contributed by atoms with Crippen LogP contribution in [0.25, 0.3) is 22.0 Å². The van der Waals surface area contributed by atoms with Gasteiger partial charge in [-0.25, -0.2) is 0 Å². The highest BCUT2D eigenvalue weighted by molar-refractivity contribution is 5.96. The Balaban J connectivity index is 1.61. The summed E-state index contributed by atoms with van der Waals surface area (Å²) in [6, 6.07) is 15.1. The van der Waals surface area contributed by atoms with Gasteiger partial charge in [-0.2, -0.15) is 5.10 Å². The lowest BCUT2D eigenvalue weighted by Gasteiger charge is -2.32. The minimum absolute atomic E-state index is 0.140. The Bertz CT molecular complexity index is 958. The highest BCUT2D eigenvalue weighted by Gasteiger charge is 2.26. The number of fused-ring (bicyclic) bond motifs is 2. The summed E-state index contributed by atoms with van der Waals surface area (Å²) in [6.07, 6.45) is 2.22. The van der Waals surface area contributed by atoms with Crippen molar-refractivity contribution in [2.75, 3.05) is 13.7 Å². The molecule has 1 aliphatic heterocycles. The number of benzene rings is 2. The van der Waals surface area contributed by atoms with Crippen molar-refractivity contribution in [2.45, 2.75) is 38.8 Å². The standard InChI is InChI=1S/C22H25N3O2/c1-15(10-11-21(26)27-2)25-13-12-20-19(14-25)22(24-23-20)18-9-5-7-16-6-3-4-8-17(16)18/h3-9,15H,10-14H2,1-2H3,(H,23,24). The van der Waals surface area contributed by atoms with Crippen molar-refractivity contribution in [2.24, 2.45) is 0 Å². The van der Waals surface area contributed by atoms with Crippen molar-refractivity contribution < 1.29 is 9.53 Å². The first-order chi connectivity index (χ1) is 13.2. The normalized spacial score (nSPS) is 15.5. The number of hydrogen-bond acceptors (Lipinski definition) is 4. The van der Waals surface area contributed by atoms with Crippen LogP contribution in [-0.4, -0.2) is 40.8 Å². The third kappa shape index (κ3) is 3.47. The summed E-state index contributed by atoms with van der Waals surface area (Å²) in [5.41, 5.74) is 4.73. The van der Waals surface area contributed by atoms with Crippen molar-refractivity contribution in [3.63, 3.8) is 0 Å². The molecule has 3 aromatic rings. The number of nitrogens with zero attached hydrogens (tertiary/aromatic N) is 2. The molecule has 1 N–H and O–H groups in total. The highest BCUT2D eigenvalue weighted by Crippen LogP contribution is 2.33. The number of methoxy groups -OCH3 is 1. The Morgan fingerprint density at radius 3 is 2.93 bits per heavy atom. The fourth-order valence-electron chi connectivity index (χ4n) is 3.96. The third-order valence-corrected chi connectivity index (χ3v) is 5.63. The van der Waals surface area contributed by atoms with Crippen LogP contribution in [0.2, 0.25) is 0 Å². The topological polar surface area (TPSA) is 58.2 Å². The van der Waals surface area contributed by atoms with E-state index in [0.717, 1.165) is 31.6 Å². The Hall–Kier alpha value is -2.66. The lowest BCUT2D eigenvalue weighted by Crippen LogP contribution is -2.37. The quantitative estimate of drug-likeness (QED) is 0.698. The molecule has 2 aromatic carbocycles. The number of H-pyrrole nitrogens is 1. The molecule has 4 rings (SSSR count). The van der Waals surface area contributed by atoms with Gasteiger partial charge in [0.15, 0.2) is 0 Å². The Morgan fingerprint density at radius 2 is 2.07 bits per heavy atom. The molecule has 0 amide bonds. The maximum atomic E-state index is 11.5. The second-order valence-corrected chi connectivity index (χ2v) is 7.24. The first-order valence-corrected chi connectivity index (χ1v) is 9.52. The fourth-order valence-corrected chi connectivity index (χ4v) is 3.96. The summed E-state index contributed by atoms with van der Waals surface area (Å²) in [6.45, 7) is 4.02. The summed E-state index contributed by atoms with van der Waals surface area (Å²) in [7, 11) is 1.45. The van der Waals surface area contributed by atoms with Gasteiger partial charge in [-0.3, -0.25) is 14.8 Å². The lowest BCUT2D eigenvalue weighted by molar-refractivity contribution is -0.141. The van der Waals surface area contributed by atoms with Crippen LogP contribution in [-0.2, 0) is 22.5 Å². The van der Waals surface area contributed by atoms with E-state index < -0.39 is 0 Å².